The van der Waals surface area contributed by atoms with Crippen LogP contribution in [-0.2, 0) is 4.79 Å². The van der Waals surface area contributed by atoms with Crippen molar-refractivity contribution in [1.29, 1.82) is 0 Å². The molecular formula is C16H16BrN3O3. The number of ether oxygens (including phenoxy) is 1. The Morgan fingerprint density at radius 2 is 2.04 bits per heavy atom. The molecule has 0 aliphatic rings. The van der Waals surface area contributed by atoms with Crippen LogP contribution in [0.2, 0.25) is 0 Å². The van der Waals surface area contributed by atoms with E-state index in [2.05, 4.69) is 31.8 Å². The fourth-order valence-corrected chi connectivity index (χ4v) is 2.11. The Labute approximate surface area is 142 Å². The number of hydrogen-bond acceptors (Lipinski definition) is 5. The molecule has 120 valence electrons. The fraction of sp³-hybridized carbons (Fsp3) is 0.125. The van der Waals surface area contributed by atoms with Gasteiger partial charge in [-0.15, -0.1) is 0 Å². The molecule has 2 aromatic carbocycles. The van der Waals surface area contributed by atoms with Gasteiger partial charge in [0.1, 0.15) is 11.5 Å². The van der Waals surface area contributed by atoms with Crippen LogP contribution in [0.4, 0.5) is 5.69 Å². The molecule has 0 fully saturated rings. The molecule has 0 heterocycles. The number of phenolic OH excluding ortho intramolecular Hbond substituents is 1. The Hall–Kier alpha value is -2.54. The largest absolute Gasteiger partial charge is 0.507 e. The SMILES string of the molecule is COc1ccc(NCC(=O)N/N=C/c2cc(Br)ccc2O)cc1. The zero-order valence-electron chi connectivity index (χ0n) is 12.4. The van der Waals surface area contributed by atoms with Crippen molar-refractivity contribution < 1.29 is 14.6 Å². The minimum atomic E-state index is -0.299. The van der Waals surface area contributed by atoms with E-state index in [1.54, 1.807) is 37.4 Å². The molecule has 2 aromatic rings. The molecule has 0 aliphatic heterocycles. The van der Waals surface area contributed by atoms with Crippen molar-refractivity contribution in [1.82, 2.24) is 5.43 Å². The van der Waals surface area contributed by atoms with Gasteiger partial charge in [0.15, 0.2) is 0 Å². The molecule has 0 saturated heterocycles. The summed E-state index contributed by atoms with van der Waals surface area (Å²) < 4.78 is 5.87. The molecule has 3 N–H and O–H groups in total. The van der Waals surface area contributed by atoms with Gasteiger partial charge in [-0.25, -0.2) is 5.43 Å². The van der Waals surface area contributed by atoms with E-state index in [0.717, 1.165) is 15.9 Å². The molecule has 0 spiro atoms. The molecule has 0 saturated carbocycles. The Bertz CT molecular complexity index is 702. The van der Waals surface area contributed by atoms with Gasteiger partial charge in [0, 0.05) is 15.7 Å². The molecule has 0 radical (unpaired) electrons. The summed E-state index contributed by atoms with van der Waals surface area (Å²) in [4.78, 5) is 11.7. The number of methoxy groups -OCH3 is 1. The van der Waals surface area contributed by atoms with E-state index in [1.165, 1.54) is 6.21 Å². The smallest absolute Gasteiger partial charge is 0.259 e. The lowest BCUT2D eigenvalue weighted by atomic mass is 10.2. The van der Waals surface area contributed by atoms with E-state index in [1.807, 2.05) is 12.1 Å². The number of nitrogens with one attached hydrogen (secondary N) is 2. The number of phenols is 1. The first-order chi connectivity index (χ1) is 11.1. The molecule has 0 bridgehead atoms. The van der Waals surface area contributed by atoms with E-state index in [0.29, 0.717) is 5.56 Å². The predicted octanol–water partition coefficient (Wildman–Crippen LogP) is 2.73. The molecule has 23 heavy (non-hydrogen) atoms. The summed E-state index contributed by atoms with van der Waals surface area (Å²) in [5.74, 6) is 0.535. The highest BCUT2D eigenvalue weighted by Gasteiger charge is 2.01. The van der Waals surface area contributed by atoms with Crippen molar-refractivity contribution in [3.05, 3.63) is 52.5 Å². The molecule has 6 nitrogen and oxygen atoms in total. The summed E-state index contributed by atoms with van der Waals surface area (Å²) in [5, 5.41) is 16.4. The lowest BCUT2D eigenvalue weighted by Gasteiger charge is -2.06. The number of carbonyl (C=O) groups is 1. The quantitative estimate of drug-likeness (QED) is 0.533. The first-order valence-electron chi connectivity index (χ1n) is 6.77. The van der Waals surface area contributed by atoms with E-state index in [9.17, 15) is 9.90 Å². The molecular weight excluding hydrogens is 362 g/mol. The normalized spacial score (nSPS) is 10.5. The number of halogens is 1. The maximum absolute atomic E-state index is 11.7. The lowest BCUT2D eigenvalue weighted by molar-refractivity contribution is -0.119. The van der Waals surface area contributed by atoms with Crippen LogP contribution in [0.3, 0.4) is 0 Å². The second-order valence-electron chi connectivity index (χ2n) is 4.58. The molecule has 0 unspecified atom stereocenters. The standard InChI is InChI=1S/C16H16BrN3O3/c1-23-14-5-3-13(4-6-14)18-10-16(22)20-19-9-11-8-12(17)2-7-15(11)21/h2-9,18,21H,10H2,1H3,(H,20,22)/b19-9+. The number of rotatable bonds is 6. The van der Waals surface area contributed by atoms with Gasteiger partial charge >= 0.3 is 0 Å². The van der Waals surface area contributed by atoms with Crippen LogP contribution in [0.5, 0.6) is 11.5 Å². The van der Waals surface area contributed by atoms with Crippen molar-refractivity contribution in [3.63, 3.8) is 0 Å². The van der Waals surface area contributed by atoms with Gasteiger partial charge in [-0.3, -0.25) is 4.79 Å². The zero-order chi connectivity index (χ0) is 16.7. The molecule has 0 atom stereocenters. The van der Waals surface area contributed by atoms with Crippen LogP contribution in [-0.4, -0.2) is 30.9 Å². The lowest BCUT2D eigenvalue weighted by Crippen LogP contribution is -2.25. The number of benzene rings is 2. The average molecular weight is 378 g/mol. The zero-order valence-corrected chi connectivity index (χ0v) is 14.0. The third-order valence-electron chi connectivity index (χ3n) is 2.93. The number of hydrazone groups is 1. The fourth-order valence-electron chi connectivity index (χ4n) is 1.73. The highest BCUT2D eigenvalue weighted by atomic mass is 79.9. The highest BCUT2D eigenvalue weighted by Crippen LogP contribution is 2.19. The van der Waals surface area contributed by atoms with Crippen molar-refractivity contribution >= 4 is 33.7 Å². The maximum Gasteiger partial charge on any atom is 0.259 e. The number of nitrogens with zero attached hydrogens (tertiary/aromatic N) is 1. The predicted molar refractivity (Wildman–Crippen MR) is 93.0 cm³/mol. The van der Waals surface area contributed by atoms with Crippen LogP contribution in [0.15, 0.2) is 52.0 Å². The second-order valence-corrected chi connectivity index (χ2v) is 5.49. The number of carbonyl (C=O) groups excluding carboxylic acids is 1. The summed E-state index contributed by atoms with van der Waals surface area (Å²) in [6.07, 6.45) is 1.38. The van der Waals surface area contributed by atoms with Gasteiger partial charge in [-0.1, -0.05) is 15.9 Å². The third-order valence-corrected chi connectivity index (χ3v) is 3.42. The Morgan fingerprint density at radius 3 is 2.74 bits per heavy atom. The molecule has 0 aromatic heterocycles. The third kappa shape index (κ3) is 5.30. The monoisotopic (exact) mass is 377 g/mol. The average Bonchev–Trinajstić information content (AvgIpc) is 2.56. The number of anilines is 1. The minimum Gasteiger partial charge on any atom is -0.507 e. The van der Waals surface area contributed by atoms with E-state index in [-0.39, 0.29) is 18.2 Å². The van der Waals surface area contributed by atoms with Crippen LogP contribution in [0.1, 0.15) is 5.56 Å². The van der Waals surface area contributed by atoms with Crippen LogP contribution < -0.4 is 15.5 Å². The highest BCUT2D eigenvalue weighted by molar-refractivity contribution is 9.10. The van der Waals surface area contributed by atoms with Crippen molar-refractivity contribution in [2.24, 2.45) is 5.10 Å². The second kappa shape index (κ2) is 8.19. The maximum atomic E-state index is 11.7. The van der Waals surface area contributed by atoms with Crippen LogP contribution in [0.25, 0.3) is 0 Å². The van der Waals surface area contributed by atoms with E-state index >= 15 is 0 Å². The number of aromatic hydroxyl groups is 1. The summed E-state index contributed by atoms with van der Waals surface area (Å²) in [6, 6.07) is 12.2. The molecule has 1 amide bonds. The van der Waals surface area contributed by atoms with Crippen molar-refractivity contribution in [2.45, 2.75) is 0 Å². The van der Waals surface area contributed by atoms with Gasteiger partial charge in [-0.05, 0) is 42.5 Å². The van der Waals surface area contributed by atoms with Gasteiger partial charge in [0.05, 0.1) is 19.9 Å². The summed E-state index contributed by atoms with van der Waals surface area (Å²) in [6.45, 7) is 0.0775. The Morgan fingerprint density at radius 1 is 1.30 bits per heavy atom. The van der Waals surface area contributed by atoms with Gasteiger partial charge in [0.2, 0.25) is 0 Å². The number of hydrogen-bond donors (Lipinski definition) is 3. The van der Waals surface area contributed by atoms with Crippen molar-refractivity contribution in [2.75, 3.05) is 19.0 Å². The first-order valence-corrected chi connectivity index (χ1v) is 7.56. The first kappa shape index (κ1) is 16.8. The summed E-state index contributed by atoms with van der Waals surface area (Å²) in [5.41, 5.74) is 3.69. The molecule has 7 heteroatoms. The topological polar surface area (TPSA) is 83.0 Å². The summed E-state index contributed by atoms with van der Waals surface area (Å²) in [7, 11) is 1.59. The van der Waals surface area contributed by atoms with E-state index < -0.39 is 0 Å². The minimum absolute atomic E-state index is 0.0775. The van der Waals surface area contributed by atoms with Gasteiger partial charge in [0.25, 0.3) is 5.91 Å². The molecule has 0 aliphatic carbocycles. The van der Waals surface area contributed by atoms with Crippen LogP contribution in [0, 0.1) is 0 Å². The number of amides is 1. The van der Waals surface area contributed by atoms with E-state index in [4.69, 9.17) is 4.74 Å². The van der Waals surface area contributed by atoms with Crippen molar-refractivity contribution in [3.8, 4) is 11.5 Å². The van der Waals surface area contributed by atoms with Gasteiger partial charge < -0.3 is 15.2 Å². The summed E-state index contributed by atoms with van der Waals surface area (Å²) >= 11 is 3.30. The van der Waals surface area contributed by atoms with Gasteiger partial charge in [-0.2, -0.15) is 5.10 Å². The Kier molecular flexibility index (Phi) is 5.99. The Balaban J connectivity index is 1.82. The molecule has 2 rings (SSSR count). The van der Waals surface area contributed by atoms with Crippen LogP contribution >= 0.6 is 15.9 Å².